The van der Waals surface area contributed by atoms with Gasteiger partial charge in [0.25, 0.3) is 0 Å². The largest absolute Gasteiger partial charge is 0.461 e. The van der Waals surface area contributed by atoms with E-state index < -0.39 is 0 Å². The van der Waals surface area contributed by atoms with E-state index in [9.17, 15) is 9.59 Å². The van der Waals surface area contributed by atoms with Crippen LogP contribution in [-0.2, 0) is 16.1 Å². The maximum atomic E-state index is 12.3. The number of hydrogen-bond donors (Lipinski definition) is 1. The van der Waals surface area contributed by atoms with Crippen molar-refractivity contribution in [2.75, 3.05) is 18.4 Å². The Hall–Kier alpha value is -2.82. The lowest BCUT2D eigenvalue weighted by molar-refractivity contribution is -0.151. The lowest BCUT2D eigenvalue weighted by atomic mass is 9.97. The summed E-state index contributed by atoms with van der Waals surface area (Å²) in [6, 6.07) is 18.9. The predicted octanol–water partition coefficient (Wildman–Crippen LogP) is 3.67. The monoisotopic (exact) mass is 338 g/mol. The third kappa shape index (κ3) is 4.83. The minimum absolute atomic E-state index is 0.123. The number of carbonyl (C=O) groups is 2. The van der Waals surface area contributed by atoms with E-state index in [0.717, 1.165) is 11.3 Å². The van der Waals surface area contributed by atoms with Crippen LogP contribution in [0.15, 0.2) is 60.7 Å². The van der Waals surface area contributed by atoms with E-state index in [1.165, 1.54) is 0 Å². The highest BCUT2D eigenvalue weighted by Gasteiger charge is 2.28. The van der Waals surface area contributed by atoms with Crippen molar-refractivity contribution in [3.05, 3.63) is 66.2 Å². The summed E-state index contributed by atoms with van der Waals surface area (Å²) in [5.41, 5.74) is 1.76. The highest BCUT2D eigenvalue weighted by atomic mass is 16.5. The van der Waals surface area contributed by atoms with Crippen LogP contribution in [-0.4, -0.2) is 30.0 Å². The number of ether oxygens (including phenoxy) is 1. The van der Waals surface area contributed by atoms with Gasteiger partial charge in [-0.05, 0) is 30.5 Å². The molecule has 3 rings (SSSR count). The Balaban J connectivity index is 1.43. The Bertz CT molecular complexity index is 695. The van der Waals surface area contributed by atoms with Crippen molar-refractivity contribution < 1.29 is 14.3 Å². The molecule has 1 aliphatic rings. The Labute approximate surface area is 147 Å². The number of para-hydroxylation sites is 1. The first-order valence-electron chi connectivity index (χ1n) is 8.54. The van der Waals surface area contributed by atoms with E-state index >= 15 is 0 Å². The van der Waals surface area contributed by atoms with Crippen LogP contribution in [0.5, 0.6) is 0 Å². The van der Waals surface area contributed by atoms with Gasteiger partial charge < -0.3 is 15.0 Å². The Morgan fingerprint density at radius 1 is 0.960 bits per heavy atom. The Morgan fingerprint density at radius 3 is 2.20 bits per heavy atom. The van der Waals surface area contributed by atoms with E-state index in [-0.39, 0.29) is 17.9 Å². The van der Waals surface area contributed by atoms with E-state index in [0.29, 0.717) is 32.5 Å². The lowest BCUT2D eigenvalue weighted by Crippen LogP contribution is -2.42. The lowest BCUT2D eigenvalue weighted by Gasteiger charge is -2.31. The molecule has 5 nitrogen and oxygen atoms in total. The van der Waals surface area contributed by atoms with Gasteiger partial charge in [-0.25, -0.2) is 4.79 Å². The highest BCUT2D eigenvalue weighted by molar-refractivity contribution is 5.89. The smallest absolute Gasteiger partial charge is 0.321 e. The molecule has 0 unspecified atom stereocenters. The molecule has 2 amide bonds. The number of amides is 2. The van der Waals surface area contributed by atoms with E-state index in [1.54, 1.807) is 4.90 Å². The van der Waals surface area contributed by atoms with Gasteiger partial charge in [0, 0.05) is 18.8 Å². The summed E-state index contributed by atoms with van der Waals surface area (Å²) in [4.78, 5) is 26.2. The first-order chi connectivity index (χ1) is 12.2. The van der Waals surface area contributed by atoms with Crippen molar-refractivity contribution in [1.29, 1.82) is 0 Å². The number of hydrogen-bond acceptors (Lipinski definition) is 3. The molecule has 5 heteroatoms. The fourth-order valence-electron chi connectivity index (χ4n) is 2.89. The fraction of sp³-hybridized carbons (Fsp3) is 0.300. The number of nitrogens with one attached hydrogen (secondary N) is 1. The van der Waals surface area contributed by atoms with Gasteiger partial charge in [-0.2, -0.15) is 0 Å². The van der Waals surface area contributed by atoms with E-state index in [2.05, 4.69) is 5.32 Å². The van der Waals surface area contributed by atoms with Crippen LogP contribution < -0.4 is 5.32 Å². The number of anilines is 1. The summed E-state index contributed by atoms with van der Waals surface area (Å²) in [6.07, 6.45) is 1.27. The molecule has 0 aromatic heterocycles. The summed E-state index contributed by atoms with van der Waals surface area (Å²) in [7, 11) is 0. The van der Waals surface area contributed by atoms with Crippen molar-refractivity contribution in [3.8, 4) is 0 Å². The molecule has 130 valence electrons. The quantitative estimate of drug-likeness (QED) is 0.865. The molecule has 0 spiro atoms. The Kier molecular flexibility index (Phi) is 5.67. The number of nitrogens with zero attached hydrogens (tertiary/aromatic N) is 1. The van der Waals surface area contributed by atoms with E-state index in [4.69, 9.17) is 4.74 Å². The first kappa shape index (κ1) is 17.0. The van der Waals surface area contributed by atoms with Crippen LogP contribution in [0, 0.1) is 5.92 Å². The average Bonchev–Trinajstić information content (AvgIpc) is 2.68. The number of benzene rings is 2. The third-order valence-electron chi connectivity index (χ3n) is 4.36. The summed E-state index contributed by atoms with van der Waals surface area (Å²) in [5, 5.41) is 2.87. The van der Waals surface area contributed by atoms with Gasteiger partial charge in [-0.1, -0.05) is 48.5 Å². The average molecular weight is 338 g/mol. The van der Waals surface area contributed by atoms with Gasteiger partial charge in [0.15, 0.2) is 0 Å². The molecule has 2 aromatic rings. The minimum Gasteiger partial charge on any atom is -0.461 e. The molecule has 0 bridgehead atoms. The van der Waals surface area contributed by atoms with E-state index in [1.807, 2.05) is 60.7 Å². The maximum Gasteiger partial charge on any atom is 0.321 e. The SMILES string of the molecule is O=C(OCc1ccccc1)C1CCN(C(=O)Nc2ccccc2)CC1. The van der Waals surface area contributed by atoms with Gasteiger partial charge in [0.05, 0.1) is 5.92 Å². The predicted molar refractivity (Wildman–Crippen MR) is 96.0 cm³/mol. The molecule has 0 aliphatic carbocycles. The molecule has 1 aliphatic heterocycles. The van der Waals surface area contributed by atoms with Crippen molar-refractivity contribution in [1.82, 2.24) is 4.90 Å². The molecule has 25 heavy (non-hydrogen) atoms. The van der Waals surface area contributed by atoms with Crippen LogP contribution in [0.2, 0.25) is 0 Å². The zero-order valence-corrected chi connectivity index (χ0v) is 14.1. The van der Waals surface area contributed by atoms with Crippen molar-refractivity contribution >= 4 is 17.7 Å². The second kappa shape index (κ2) is 8.33. The van der Waals surface area contributed by atoms with Crippen LogP contribution in [0.25, 0.3) is 0 Å². The summed E-state index contributed by atoms with van der Waals surface area (Å²) < 4.78 is 5.40. The molecule has 2 aromatic carbocycles. The summed E-state index contributed by atoms with van der Waals surface area (Å²) in [6.45, 7) is 1.42. The molecule has 1 fully saturated rings. The number of likely N-dealkylation sites (tertiary alicyclic amines) is 1. The van der Waals surface area contributed by atoms with Crippen LogP contribution in [0.3, 0.4) is 0 Å². The highest BCUT2D eigenvalue weighted by Crippen LogP contribution is 2.20. The van der Waals surface area contributed by atoms with Gasteiger partial charge in [-0.15, -0.1) is 0 Å². The second-order valence-electron chi connectivity index (χ2n) is 6.15. The van der Waals surface area contributed by atoms with Crippen molar-refractivity contribution in [3.63, 3.8) is 0 Å². The minimum atomic E-state index is -0.174. The molecule has 1 N–H and O–H groups in total. The molecular formula is C20H22N2O3. The fourth-order valence-corrected chi connectivity index (χ4v) is 2.89. The normalized spacial score (nSPS) is 14.8. The molecular weight excluding hydrogens is 316 g/mol. The van der Waals surface area contributed by atoms with Gasteiger partial charge >= 0.3 is 12.0 Å². The number of rotatable bonds is 4. The van der Waals surface area contributed by atoms with Crippen LogP contribution >= 0.6 is 0 Å². The number of esters is 1. The number of urea groups is 1. The molecule has 0 atom stereocenters. The summed E-state index contributed by atoms with van der Waals surface area (Å²) >= 11 is 0. The molecule has 1 saturated heterocycles. The van der Waals surface area contributed by atoms with Crippen molar-refractivity contribution in [2.45, 2.75) is 19.4 Å². The number of piperidine rings is 1. The van der Waals surface area contributed by atoms with Gasteiger partial charge in [-0.3, -0.25) is 4.79 Å². The zero-order valence-electron chi connectivity index (χ0n) is 14.1. The zero-order chi connectivity index (χ0) is 17.5. The van der Waals surface area contributed by atoms with Gasteiger partial charge in [0.2, 0.25) is 0 Å². The maximum absolute atomic E-state index is 12.3. The van der Waals surface area contributed by atoms with Gasteiger partial charge in [0.1, 0.15) is 6.61 Å². The number of carbonyl (C=O) groups excluding carboxylic acids is 2. The standard InChI is InChI=1S/C20H22N2O3/c23-19(25-15-16-7-3-1-4-8-16)17-11-13-22(14-12-17)20(24)21-18-9-5-2-6-10-18/h1-10,17H,11-15H2,(H,21,24). The van der Waals surface area contributed by atoms with Crippen LogP contribution in [0.1, 0.15) is 18.4 Å². The third-order valence-corrected chi connectivity index (χ3v) is 4.36. The second-order valence-corrected chi connectivity index (χ2v) is 6.15. The molecule has 0 radical (unpaired) electrons. The first-order valence-corrected chi connectivity index (χ1v) is 8.54. The molecule has 0 saturated carbocycles. The Morgan fingerprint density at radius 2 is 1.56 bits per heavy atom. The summed E-state index contributed by atoms with van der Waals surface area (Å²) in [5.74, 6) is -0.309. The van der Waals surface area contributed by atoms with Crippen LogP contribution in [0.4, 0.5) is 10.5 Å². The van der Waals surface area contributed by atoms with Crippen molar-refractivity contribution in [2.24, 2.45) is 5.92 Å². The topological polar surface area (TPSA) is 58.6 Å². The molecule has 1 heterocycles.